The normalized spacial score (nSPS) is 18.5. The van der Waals surface area contributed by atoms with Gasteiger partial charge in [-0.05, 0) is 73.9 Å². The van der Waals surface area contributed by atoms with Gasteiger partial charge < -0.3 is 15.8 Å². The summed E-state index contributed by atoms with van der Waals surface area (Å²) in [5.41, 5.74) is 9.70. The topological polar surface area (TPSA) is 73.1 Å². The number of nitrogens with two attached hydrogens (primary N) is 1. The third kappa shape index (κ3) is 5.58. The number of anilines is 1. The number of ether oxygens (including phenoxy) is 1. The van der Waals surface area contributed by atoms with E-state index in [4.69, 9.17) is 15.5 Å². The predicted octanol–water partition coefficient (Wildman–Crippen LogP) is 4.96. The molecule has 5 nitrogen and oxygen atoms in total. The van der Waals surface area contributed by atoms with Crippen LogP contribution in [0.25, 0.3) is 11.3 Å². The van der Waals surface area contributed by atoms with Gasteiger partial charge in [-0.25, -0.2) is 9.37 Å². The smallest absolute Gasteiger partial charge is 0.146 e. The Balaban J connectivity index is 1.51. The summed E-state index contributed by atoms with van der Waals surface area (Å²) in [6.45, 7) is 0.497. The molecule has 31 heavy (non-hydrogen) atoms. The molecule has 1 saturated carbocycles. The molecule has 0 atom stereocenters. The van der Waals surface area contributed by atoms with Crippen LogP contribution in [0.2, 0.25) is 0 Å². The number of rotatable bonds is 7. The van der Waals surface area contributed by atoms with Gasteiger partial charge in [0.15, 0.2) is 0 Å². The lowest BCUT2D eigenvalue weighted by molar-refractivity contribution is 0.323. The molecule has 0 unspecified atom stereocenters. The molecule has 2 aromatic heterocycles. The molecule has 0 spiro atoms. The second-order valence-electron chi connectivity index (χ2n) is 8.25. The third-order valence-corrected chi connectivity index (χ3v) is 5.92. The zero-order chi connectivity index (χ0) is 21.6. The highest BCUT2D eigenvalue weighted by Gasteiger charge is 2.20. The lowest BCUT2D eigenvalue weighted by Gasteiger charge is -2.25. The van der Waals surface area contributed by atoms with Crippen molar-refractivity contribution < 1.29 is 9.13 Å². The van der Waals surface area contributed by atoms with E-state index in [1.165, 1.54) is 12.1 Å². The predicted molar refractivity (Wildman–Crippen MR) is 121 cm³/mol. The lowest BCUT2D eigenvalue weighted by Crippen LogP contribution is -2.27. The zero-order valence-corrected chi connectivity index (χ0v) is 17.9. The summed E-state index contributed by atoms with van der Waals surface area (Å²) in [6, 6.07) is 14.8. The zero-order valence-electron chi connectivity index (χ0n) is 17.9. The van der Waals surface area contributed by atoms with Gasteiger partial charge in [0.25, 0.3) is 0 Å². The van der Waals surface area contributed by atoms with Crippen molar-refractivity contribution in [1.82, 2.24) is 9.97 Å². The fourth-order valence-electron chi connectivity index (χ4n) is 4.17. The molecule has 1 aromatic carbocycles. The standard InChI is InChI=1S/C25H29FN4O/c1-31-24-16-28-21(13-17-8-10-20(27)11-9-17)14-22(24)23-6-3-7-25(30-23)29-15-18-4-2-5-19(26)12-18/h2-7,12,14,16-17,20H,8-11,13,15,27H2,1H3,(H,29,30). The summed E-state index contributed by atoms with van der Waals surface area (Å²) < 4.78 is 19.0. The van der Waals surface area contributed by atoms with E-state index in [1.54, 1.807) is 19.4 Å². The number of pyridine rings is 2. The van der Waals surface area contributed by atoms with Gasteiger partial charge in [-0.1, -0.05) is 18.2 Å². The first-order chi connectivity index (χ1) is 15.1. The number of hydrogen-bond acceptors (Lipinski definition) is 5. The Kier molecular flexibility index (Phi) is 6.77. The van der Waals surface area contributed by atoms with Crippen LogP contribution in [-0.4, -0.2) is 23.1 Å². The Morgan fingerprint density at radius 2 is 1.90 bits per heavy atom. The van der Waals surface area contributed by atoms with Crippen LogP contribution in [-0.2, 0) is 13.0 Å². The molecule has 6 heteroatoms. The number of nitrogens with one attached hydrogen (secondary N) is 1. The van der Waals surface area contributed by atoms with Crippen LogP contribution >= 0.6 is 0 Å². The lowest BCUT2D eigenvalue weighted by atomic mass is 9.83. The Morgan fingerprint density at radius 3 is 2.68 bits per heavy atom. The van der Waals surface area contributed by atoms with E-state index in [1.807, 2.05) is 24.3 Å². The van der Waals surface area contributed by atoms with E-state index in [2.05, 4.69) is 16.4 Å². The molecule has 1 aliphatic rings. The third-order valence-electron chi connectivity index (χ3n) is 5.92. The SMILES string of the molecule is COc1cnc(CC2CCC(N)CC2)cc1-c1cccc(NCc2cccc(F)c2)n1. The maximum atomic E-state index is 13.4. The molecule has 0 saturated heterocycles. The van der Waals surface area contributed by atoms with Crippen molar-refractivity contribution in [3.63, 3.8) is 0 Å². The van der Waals surface area contributed by atoms with E-state index < -0.39 is 0 Å². The first kappa shape index (κ1) is 21.2. The molecule has 3 N–H and O–H groups in total. The number of methoxy groups -OCH3 is 1. The molecule has 2 heterocycles. The van der Waals surface area contributed by atoms with Crippen molar-refractivity contribution in [2.24, 2.45) is 11.7 Å². The summed E-state index contributed by atoms with van der Waals surface area (Å²) in [4.78, 5) is 9.38. The summed E-state index contributed by atoms with van der Waals surface area (Å²) in [6.07, 6.45) is 7.22. The van der Waals surface area contributed by atoms with E-state index in [9.17, 15) is 4.39 Å². The van der Waals surface area contributed by atoms with Crippen LogP contribution in [0, 0.1) is 11.7 Å². The van der Waals surface area contributed by atoms with E-state index >= 15 is 0 Å². The summed E-state index contributed by atoms with van der Waals surface area (Å²) in [5.74, 6) is 1.81. The fourth-order valence-corrected chi connectivity index (χ4v) is 4.17. The number of benzene rings is 1. The molecule has 0 bridgehead atoms. The van der Waals surface area contributed by atoms with Crippen LogP contribution in [0.5, 0.6) is 5.75 Å². The van der Waals surface area contributed by atoms with Crippen molar-refractivity contribution in [3.05, 3.63) is 71.8 Å². The molecule has 0 aliphatic heterocycles. The monoisotopic (exact) mass is 420 g/mol. The van der Waals surface area contributed by atoms with Crippen molar-refractivity contribution in [2.75, 3.05) is 12.4 Å². The van der Waals surface area contributed by atoms with E-state index in [0.717, 1.165) is 60.4 Å². The maximum absolute atomic E-state index is 13.4. The Bertz CT molecular complexity index is 1020. The number of aromatic nitrogens is 2. The molecule has 0 amide bonds. The van der Waals surface area contributed by atoms with Crippen LogP contribution in [0.4, 0.5) is 10.2 Å². The van der Waals surface area contributed by atoms with Crippen molar-refractivity contribution >= 4 is 5.82 Å². The van der Waals surface area contributed by atoms with E-state index in [-0.39, 0.29) is 5.82 Å². The minimum Gasteiger partial charge on any atom is -0.494 e. The van der Waals surface area contributed by atoms with Crippen LogP contribution < -0.4 is 15.8 Å². The number of nitrogens with zero attached hydrogens (tertiary/aromatic N) is 2. The van der Waals surface area contributed by atoms with Gasteiger partial charge in [0.05, 0.1) is 19.0 Å². The van der Waals surface area contributed by atoms with Crippen molar-refractivity contribution in [1.29, 1.82) is 0 Å². The quantitative estimate of drug-likeness (QED) is 0.565. The number of hydrogen-bond donors (Lipinski definition) is 2. The molecule has 0 radical (unpaired) electrons. The minimum atomic E-state index is -0.241. The second-order valence-corrected chi connectivity index (χ2v) is 8.25. The first-order valence-corrected chi connectivity index (χ1v) is 10.8. The van der Waals surface area contributed by atoms with Crippen LogP contribution in [0.1, 0.15) is 36.9 Å². The summed E-state index contributed by atoms with van der Waals surface area (Å²) in [5, 5.41) is 3.27. The van der Waals surface area contributed by atoms with Gasteiger partial charge in [0.1, 0.15) is 17.4 Å². The fraction of sp³-hybridized carbons (Fsp3) is 0.360. The second kappa shape index (κ2) is 9.88. The van der Waals surface area contributed by atoms with Gasteiger partial charge in [0, 0.05) is 23.8 Å². The summed E-state index contributed by atoms with van der Waals surface area (Å²) in [7, 11) is 1.65. The van der Waals surface area contributed by atoms with Crippen LogP contribution in [0.15, 0.2) is 54.7 Å². The molecular formula is C25H29FN4O. The van der Waals surface area contributed by atoms with Gasteiger partial charge in [-0.3, -0.25) is 4.98 Å². The molecule has 1 fully saturated rings. The molecule has 4 rings (SSSR count). The number of halogens is 1. The van der Waals surface area contributed by atoms with Gasteiger partial charge in [0.2, 0.25) is 0 Å². The van der Waals surface area contributed by atoms with Crippen LogP contribution in [0.3, 0.4) is 0 Å². The molecular weight excluding hydrogens is 391 g/mol. The average molecular weight is 421 g/mol. The first-order valence-electron chi connectivity index (χ1n) is 10.8. The minimum absolute atomic E-state index is 0.241. The highest BCUT2D eigenvalue weighted by atomic mass is 19.1. The van der Waals surface area contributed by atoms with Crippen molar-refractivity contribution in [2.45, 2.75) is 44.7 Å². The highest BCUT2D eigenvalue weighted by molar-refractivity contribution is 5.68. The van der Waals surface area contributed by atoms with Crippen molar-refractivity contribution in [3.8, 4) is 17.0 Å². The van der Waals surface area contributed by atoms with E-state index in [0.29, 0.717) is 24.3 Å². The maximum Gasteiger partial charge on any atom is 0.146 e. The molecule has 3 aromatic rings. The average Bonchev–Trinajstić information content (AvgIpc) is 2.79. The van der Waals surface area contributed by atoms with Gasteiger partial charge >= 0.3 is 0 Å². The highest BCUT2D eigenvalue weighted by Crippen LogP contribution is 2.32. The Morgan fingerprint density at radius 1 is 1.10 bits per heavy atom. The summed E-state index contributed by atoms with van der Waals surface area (Å²) >= 11 is 0. The molecule has 1 aliphatic carbocycles. The molecule has 162 valence electrons. The Hall–Kier alpha value is -2.99. The van der Waals surface area contributed by atoms with Gasteiger partial charge in [-0.2, -0.15) is 0 Å². The van der Waals surface area contributed by atoms with Gasteiger partial charge in [-0.15, -0.1) is 0 Å². The Labute approximate surface area is 182 Å². The largest absolute Gasteiger partial charge is 0.494 e.